The molecule has 160 valence electrons. The van der Waals surface area contributed by atoms with Gasteiger partial charge in [-0.15, -0.1) is 0 Å². The molecule has 0 bridgehead atoms. The van der Waals surface area contributed by atoms with Crippen molar-refractivity contribution in [3.05, 3.63) is 47.5 Å². The highest BCUT2D eigenvalue weighted by molar-refractivity contribution is 6.00. The standard InChI is InChI=1S/C23H28N2O5/c1-15-5-7-19-18(13-15)25(23(27)16(2)30-19)12-10-22(26)24-11-9-17-6-8-20(28-3)21(14-17)29-4/h5-8,13-14,16H,9-12H2,1-4H3,(H,24,26)/t16-/m0/s1. The van der Waals surface area contributed by atoms with E-state index in [1.165, 1.54) is 0 Å². The van der Waals surface area contributed by atoms with Crippen molar-refractivity contribution in [1.82, 2.24) is 5.32 Å². The predicted octanol–water partition coefficient (Wildman–Crippen LogP) is 2.88. The molecule has 1 N–H and O–H groups in total. The Hall–Kier alpha value is -3.22. The largest absolute Gasteiger partial charge is 0.493 e. The Morgan fingerprint density at radius 3 is 2.63 bits per heavy atom. The van der Waals surface area contributed by atoms with Gasteiger partial charge in [0.2, 0.25) is 5.91 Å². The summed E-state index contributed by atoms with van der Waals surface area (Å²) in [6, 6.07) is 11.4. The van der Waals surface area contributed by atoms with E-state index in [2.05, 4.69) is 5.32 Å². The molecule has 0 saturated carbocycles. The number of methoxy groups -OCH3 is 2. The van der Waals surface area contributed by atoms with Gasteiger partial charge in [-0.05, 0) is 55.7 Å². The van der Waals surface area contributed by atoms with Crippen LogP contribution < -0.4 is 24.4 Å². The molecule has 1 heterocycles. The number of anilines is 1. The normalized spacial score (nSPS) is 15.3. The van der Waals surface area contributed by atoms with Crippen LogP contribution in [0.15, 0.2) is 36.4 Å². The first-order valence-electron chi connectivity index (χ1n) is 9.99. The lowest BCUT2D eigenvalue weighted by Crippen LogP contribution is -2.46. The minimum atomic E-state index is -0.562. The van der Waals surface area contributed by atoms with Gasteiger partial charge >= 0.3 is 0 Å². The Kier molecular flexibility index (Phi) is 6.82. The number of rotatable bonds is 8. The zero-order valence-electron chi connectivity index (χ0n) is 17.9. The number of nitrogens with zero attached hydrogens (tertiary/aromatic N) is 1. The molecule has 0 saturated heterocycles. The van der Waals surface area contributed by atoms with Crippen molar-refractivity contribution in [2.24, 2.45) is 0 Å². The van der Waals surface area contributed by atoms with Crippen molar-refractivity contribution in [3.63, 3.8) is 0 Å². The number of ether oxygens (including phenoxy) is 3. The first-order valence-corrected chi connectivity index (χ1v) is 9.99. The molecule has 0 unspecified atom stereocenters. The highest BCUT2D eigenvalue weighted by atomic mass is 16.5. The molecule has 2 aromatic rings. The number of carbonyl (C=O) groups is 2. The Morgan fingerprint density at radius 2 is 1.90 bits per heavy atom. The second-order valence-corrected chi connectivity index (χ2v) is 7.26. The van der Waals surface area contributed by atoms with Crippen LogP contribution in [0, 0.1) is 6.92 Å². The van der Waals surface area contributed by atoms with Gasteiger partial charge in [0.25, 0.3) is 5.91 Å². The third kappa shape index (κ3) is 4.84. The summed E-state index contributed by atoms with van der Waals surface area (Å²) in [6.45, 7) is 4.49. The molecule has 7 nitrogen and oxygen atoms in total. The number of fused-ring (bicyclic) bond motifs is 1. The lowest BCUT2D eigenvalue weighted by atomic mass is 10.1. The first kappa shape index (κ1) is 21.5. The molecule has 0 aliphatic carbocycles. The van der Waals surface area contributed by atoms with Crippen molar-refractivity contribution < 1.29 is 23.8 Å². The molecule has 2 aromatic carbocycles. The van der Waals surface area contributed by atoms with E-state index in [-0.39, 0.29) is 18.2 Å². The van der Waals surface area contributed by atoms with Gasteiger partial charge in [-0.2, -0.15) is 0 Å². The Labute approximate surface area is 176 Å². The maximum atomic E-state index is 12.6. The van der Waals surface area contributed by atoms with Gasteiger partial charge in [0.1, 0.15) is 5.75 Å². The Balaban J connectivity index is 1.54. The molecule has 3 rings (SSSR count). The molecule has 0 spiro atoms. The second-order valence-electron chi connectivity index (χ2n) is 7.26. The van der Waals surface area contributed by atoms with Crippen LogP contribution in [0.25, 0.3) is 0 Å². The first-order chi connectivity index (χ1) is 14.4. The molecule has 0 fully saturated rings. The van der Waals surface area contributed by atoms with Crippen molar-refractivity contribution in [1.29, 1.82) is 0 Å². The molecule has 1 aliphatic rings. The minimum Gasteiger partial charge on any atom is -0.493 e. The van der Waals surface area contributed by atoms with Crippen LogP contribution in [-0.2, 0) is 16.0 Å². The van der Waals surface area contributed by atoms with Crippen LogP contribution in [0.2, 0.25) is 0 Å². The van der Waals surface area contributed by atoms with Gasteiger partial charge in [0.15, 0.2) is 17.6 Å². The zero-order chi connectivity index (χ0) is 21.7. The van der Waals surface area contributed by atoms with E-state index in [1.54, 1.807) is 26.0 Å². The maximum absolute atomic E-state index is 12.6. The zero-order valence-corrected chi connectivity index (χ0v) is 17.9. The van der Waals surface area contributed by atoms with Gasteiger partial charge in [-0.1, -0.05) is 12.1 Å². The lowest BCUT2D eigenvalue weighted by Gasteiger charge is -2.33. The number of amides is 2. The van der Waals surface area contributed by atoms with E-state index in [0.717, 1.165) is 16.8 Å². The fourth-order valence-corrected chi connectivity index (χ4v) is 3.43. The Morgan fingerprint density at radius 1 is 1.13 bits per heavy atom. The monoisotopic (exact) mass is 412 g/mol. The average molecular weight is 412 g/mol. The van der Waals surface area contributed by atoms with E-state index >= 15 is 0 Å². The minimum absolute atomic E-state index is 0.100. The van der Waals surface area contributed by atoms with E-state index in [0.29, 0.717) is 36.8 Å². The van der Waals surface area contributed by atoms with Crippen LogP contribution in [0.3, 0.4) is 0 Å². The summed E-state index contributed by atoms with van der Waals surface area (Å²) >= 11 is 0. The molecule has 0 aromatic heterocycles. The molecule has 2 amide bonds. The highest BCUT2D eigenvalue weighted by Crippen LogP contribution is 2.34. The van der Waals surface area contributed by atoms with Gasteiger partial charge < -0.3 is 24.4 Å². The number of hydrogen-bond acceptors (Lipinski definition) is 5. The molecular weight excluding hydrogens is 384 g/mol. The molecule has 30 heavy (non-hydrogen) atoms. The van der Waals surface area contributed by atoms with E-state index < -0.39 is 6.10 Å². The summed E-state index contributed by atoms with van der Waals surface area (Å²) in [5.74, 6) is 1.77. The van der Waals surface area contributed by atoms with E-state index in [9.17, 15) is 9.59 Å². The summed E-state index contributed by atoms with van der Waals surface area (Å²) in [6.07, 6.45) is 0.327. The van der Waals surface area contributed by atoms with Crippen molar-refractivity contribution in [2.75, 3.05) is 32.2 Å². The van der Waals surface area contributed by atoms with Gasteiger partial charge in [0, 0.05) is 19.5 Å². The smallest absolute Gasteiger partial charge is 0.267 e. The van der Waals surface area contributed by atoms with Crippen LogP contribution in [-0.4, -0.2) is 45.2 Å². The predicted molar refractivity (Wildman–Crippen MR) is 114 cm³/mol. The highest BCUT2D eigenvalue weighted by Gasteiger charge is 2.31. The number of hydrogen-bond donors (Lipinski definition) is 1. The third-order valence-corrected chi connectivity index (χ3v) is 5.07. The fraction of sp³-hybridized carbons (Fsp3) is 0.391. The van der Waals surface area contributed by atoms with Gasteiger partial charge in [-0.25, -0.2) is 0 Å². The van der Waals surface area contributed by atoms with E-state index in [1.807, 2.05) is 43.3 Å². The topological polar surface area (TPSA) is 77.1 Å². The quantitative estimate of drug-likeness (QED) is 0.722. The van der Waals surface area contributed by atoms with Crippen LogP contribution in [0.5, 0.6) is 17.2 Å². The molecule has 7 heteroatoms. The summed E-state index contributed by atoms with van der Waals surface area (Å²) in [5.41, 5.74) is 2.79. The van der Waals surface area contributed by atoms with Gasteiger partial charge in [-0.3, -0.25) is 9.59 Å². The van der Waals surface area contributed by atoms with Crippen LogP contribution in [0.1, 0.15) is 24.5 Å². The molecule has 0 radical (unpaired) electrons. The summed E-state index contributed by atoms with van der Waals surface area (Å²) in [7, 11) is 3.19. The number of nitrogens with one attached hydrogen (secondary N) is 1. The van der Waals surface area contributed by atoms with E-state index in [4.69, 9.17) is 14.2 Å². The summed E-state index contributed by atoms with van der Waals surface area (Å²) < 4.78 is 16.2. The lowest BCUT2D eigenvalue weighted by molar-refractivity contribution is -0.125. The van der Waals surface area contributed by atoms with Crippen LogP contribution >= 0.6 is 0 Å². The summed E-state index contributed by atoms with van der Waals surface area (Å²) in [4.78, 5) is 26.6. The molecule has 1 aliphatic heterocycles. The average Bonchev–Trinajstić information content (AvgIpc) is 2.74. The molecular formula is C23H28N2O5. The number of aryl methyl sites for hydroxylation is 1. The van der Waals surface area contributed by atoms with Crippen molar-refractivity contribution in [2.45, 2.75) is 32.8 Å². The second kappa shape index (κ2) is 9.52. The summed E-state index contributed by atoms with van der Waals surface area (Å²) in [5, 5.41) is 2.92. The Bertz CT molecular complexity index is 928. The molecule has 1 atom stereocenters. The maximum Gasteiger partial charge on any atom is 0.267 e. The number of benzene rings is 2. The van der Waals surface area contributed by atoms with Crippen molar-refractivity contribution >= 4 is 17.5 Å². The SMILES string of the molecule is COc1ccc(CCNC(=O)CCN2C(=O)[C@H](C)Oc3ccc(C)cc32)cc1OC. The third-order valence-electron chi connectivity index (χ3n) is 5.07. The fourth-order valence-electron chi connectivity index (χ4n) is 3.43. The van der Waals surface area contributed by atoms with Gasteiger partial charge in [0.05, 0.1) is 19.9 Å². The van der Waals surface area contributed by atoms with Crippen LogP contribution in [0.4, 0.5) is 5.69 Å². The van der Waals surface area contributed by atoms with Crippen molar-refractivity contribution in [3.8, 4) is 17.2 Å². The number of carbonyl (C=O) groups excluding carboxylic acids is 2.